The van der Waals surface area contributed by atoms with E-state index in [2.05, 4.69) is 0 Å². The lowest BCUT2D eigenvalue weighted by molar-refractivity contribution is -0.138. The van der Waals surface area contributed by atoms with Gasteiger partial charge in [0, 0.05) is 10.6 Å². The van der Waals surface area contributed by atoms with Crippen LogP contribution in [0.3, 0.4) is 0 Å². The fourth-order valence-electron chi connectivity index (χ4n) is 2.00. The van der Waals surface area contributed by atoms with Gasteiger partial charge in [-0.05, 0) is 30.4 Å². The summed E-state index contributed by atoms with van der Waals surface area (Å²) in [4.78, 5) is 10.6. The molecule has 1 aliphatic rings. The summed E-state index contributed by atoms with van der Waals surface area (Å²) in [7, 11) is -4.65. The van der Waals surface area contributed by atoms with Crippen LogP contribution in [0.25, 0.3) is 0 Å². The van der Waals surface area contributed by atoms with Crippen molar-refractivity contribution in [1.29, 1.82) is 0 Å². The number of thioether (sulfide) groups is 1. The number of carboxylic acids is 1. The predicted octanol–water partition coefficient (Wildman–Crippen LogP) is 3.03. The van der Waals surface area contributed by atoms with Gasteiger partial charge < -0.3 is 5.11 Å². The molecule has 0 bridgehead atoms. The van der Waals surface area contributed by atoms with E-state index in [0.717, 1.165) is 30.7 Å². The first-order chi connectivity index (χ1) is 9.77. The molecule has 0 saturated heterocycles. The van der Waals surface area contributed by atoms with E-state index in [4.69, 9.17) is 5.11 Å². The third-order valence-electron chi connectivity index (χ3n) is 3.41. The Morgan fingerprint density at radius 1 is 1.33 bits per heavy atom. The molecule has 8 heteroatoms. The standard InChI is InChI=1S/C13H14F2O4S2/c14-12(15)21(18,19)10-4-2-1-3-9(10)20-8-13(5-6-13)7-11(16)17/h1-4,12H,5-8H2,(H,16,17). The summed E-state index contributed by atoms with van der Waals surface area (Å²) in [5.41, 5.74) is -0.335. The van der Waals surface area contributed by atoms with Crippen LogP contribution >= 0.6 is 11.8 Å². The SMILES string of the molecule is O=C(O)CC1(CSc2ccccc2S(=O)(=O)C(F)F)CC1. The van der Waals surface area contributed by atoms with Crippen LogP contribution in [-0.2, 0) is 14.6 Å². The molecule has 0 amide bonds. The molecular formula is C13H14F2O4S2. The summed E-state index contributed by atoms with van der Waals surface area (Å²) >= 11 is 1.13. The maximum atomic E-state index is 12.7. The van der Waals surface area contributed by atoms with Crippen LogP contribution in [0.1, 0.15) is 19.3 Å². The topological polar surface area (TPSA) is 71.4 Å². The van der Waals surface area contributed by atoms with E-state index < -0.39 is 26.5 Å². The van der Waals surface area contributed by atoms with Crippen LogP contribution in [0, 0.1) is 5.41 Å². The Morgan fingerprint density at radius 3 is 2.48 bits per heavy atom. The van der Waals surface area contributed by atoms with E-state index in [1.54, 1.807) is 6.07 Å². The highest BCUT2D eigenvalue weighted by Crippen LogP contribution is 2.52. The lowest BCUT2D eigenvalue weighted by Gasteiger charge is -2.14. The number of aliphatic carboxylic acids is 1. The van der Waals surface area contributed by atoms with E-state index in [1.165, 1.54) is 12.1 Å². The number of benzene rings is 1. The lowest BCUT2D eigenvalue weighted by atomic mass is 10.1. The van der Waals surface area contributed by atoms with E-state index >= 15 is 0 Å². The lowest BCUT2D eigenvalue weighted by Crippen LogP contribution is -2.14. The summed E-state index contributed by atoms with van der Waals surface area (Å²) in [6.45, 7) is 0. The monoisotopic (exact) mass is 336 g/mol. The molecule has 0 aliphatic heterocycles. The molecule has 2 rings (SSSR count). The van der Waals surface area contributed by atoms with Gasteiger partial charge in [0.25, 0.3) is 0 Å². The fraction of sp³-hybridized carbons (Fsp3) is 0.462. The highest BCUT2D eigenvalue weighted by atomic mass is 32.2. The smallest absolute Gasteiger partial charge is 0.341 e. The maximum absolute atomic E-state index is 12.7. The third-order valence-corrected chi connectivity index (χ3v) is 6.40. The minimum absolute atomic E-state index is 0.0176. The Labute approximate surface area is 125 Å². The predicted molar refractivity (Wildman–Crippen MR) is 74.3 cm³/mol. The molecule has 0 unspecified atom stereocenters. The van der Waals surface area contributed by atoms with Crippen molar-refractivity contribution < 1.29 is 27.1 Å². The average Bonchev–Trinajstić information content (AvgIpc) is 3.16. The van der Waals surface area contributed by atoms with E-state index in [9.17, 15) is 22.0 Å². The largest absolute Gasteiger partial charge is 0.481 e. The molecular weight excluding hydrogens is 322 g/mol. The van der Waals surface area contributed by atoms with Crippen molar-refractivity contribution in [3.63, 3.8) is 0 Å². The fourth-order valence-corrected chi connectivity index (χ4v) is 4.57. The van der Waals surface area contributed by atoms with Crippen LogP contribution in [0.15, 0.2) is 34.1 Å². The van der Waals surface area contributed by atoms with Gasteiger partial charge in [0.1, 0.15) is 0 Å². The molecule has 1 saturated carbocycles. The van der Waals surface area contributed by atoms with Crippen molar-refractivity contribution in [2.75, 3.05) is 5.75 Å². The first-order valence-electron chi connectivity index (χ1n) is 6.23. The number of hydrogen-bond donors (Lipinski definition) is 1. The highest BCUT2D eigenvalue weighted by Gasteiger charge is 2.44. The third kappa shape index (κ3) is 3.74. The number of hydrogen-bond acceptors (Lipinski definition) is 4. The second-order valence-electron chi connectivity index (χ2n) is 5.11. The van der Waals surface area contributed by atoms with Gasteiger partial charge in [-0.1, -0.05) is 12.1 Å². The zero-order chi connectivity index (χ0) is 15.7. The molecule has 1 fully saturated rings. The molecule has 0 spiro atoms. The quantitative estimate of drug-likeness (QED) is 0.775. The first-order valence-corrected chi connectivity index (χ1v) is 8.76. The van der Waals surface area contributed by atoms with Gasteiger partial charge in [-0.15, -0.1) is 11.8 Å². The van der Waals surface area contributed by atoms with Gasteiger partial charge >= 0.3 is 11.7 Å². The molecule has 0 radical (unpaired) electrons. The summed E-state index contributed by atoms with van der Waals surface area (Å²) < 4.78 is 48.6. The summed E-state index contributed by atoms with van der Waals surface area (Å²) in [5, 5.41) is 8.84. The van der Waals surface area contributed by atoms with Gasteiger partial charge in [-0.3, -0.25) is 4.79 Å². The van der Waals surface area contributed by atoms with Gasteiger partial charge in [-0.25, -0.2) is 8.42 Å². The van der Waals surface area contributed by atoms with Crippen LogP contribution in [0.5, 0.6) is 0 Å². The normalized spacial score (nSPS) is 16.9. The van der Waals surface area contributed by atoms with Crippen LogP contribution in [0.4, 0.5) is 8.78 Å². The number of halogens is 2. The maximum Gasteiger partial charge on any atom is 0.341 e. The summed E-state index contributed by atoms with van der Waals surface area (Å²) in [6.07, 6.45) is 1.54. The van der Waals surface area contributed by atoms with Gasteiger partial charge in [-0.2, -0.15) is 8.78 Å². The van der Waals surface area contributed by atoms with Crippen LogP contribution in [0.2, 0.25) is 0 Å². The molecule has 0 heterocycles. The van der Waals surface area contributed by atoms with Gasteiger partial charge in [0.2, 0.25) is 9.84 Å². The minimum Gasteiger partial charge on any atom is -0.481 e. The zero-order valence-electron chi connectivity index (χ0n) is 11.0. The second-order valence-corrected chi connectivity index (χ2v) is 8.01. The number of carbonyl (C=O) groups is 1. The van der Waals surface area contributed by atoms with Crippen LogP contribution in [-0.4, -0.2) is 31.0 Å². The van der Waals surface area contributed by atoms with Gasteiger partial charge in [0.15, 0.2) is 0 Å². The molecule has 0 aromatic heterocycles. The number of carboxylic acid groups (broad SMARTS) is 1. The summed E-state index contributed by atoms with van der Waals surface area (Å²) in [6, 6.07) is 5.59. The number of alkyl halides is 2. The molecule has 21 heavy (non-hydrogen) atoms. The van der Waals surface area contributed by atoms with Crippen molar-refractivity contribution >= 4 is 27.6 Å². The Kier molecular flexibility index (Phi) is 4.57. The molecule has 1 aromatic carbocycles. The zero-order valence-corrected chi connectivity index (χ0v) is 12.6. The van der Waals surface area contributed by atoms with Crippen molar-refractivity contribution in [2.24, 2.45) is 5.41 Å². The first kappa shape index (κ1) is 16.2. The average molecular weight is 336 g/mol. The number of rotatable bonds is 7. The highest BCUT2D eigenvalue weighted by molar-refractivity contribution is 8.00. The van der Waals surface area contributed by atoms with Crippen molar-refractivity contribution in [3.05, 3.63) is 24.3 Å². The molecule has 0 atom stereocenters. The van der Waals surface area contributed by atoms with E-state index in [1.807, 2.05) is 0 Å². The Morgan fingerprint density at radius 2 is 1.95 bits per heavy atom. The number of sulfone groups is 1. The Hall–Kier alpha value is -1.15. The van der Waals surface area contributed by atoms with E-state index in [-0.39, 0.29) is 16.7 Å². The van der Waals surface area contributed by atoms with Crippen molar-refractivity contribution in [3.8, 4) is 0 Å². The Bertz CT molecular complexity index is 639. The molecule has 1 N–H and O–H groups in total. The van der Waals surface area contributed by atoms with Crippen LogP contribution < -0.4 is 0 Å². The summed E-state index contributed by atoms with van der Waals surface area (Å²) in [5.74, 6) is -3.95. The molecule has 1 aliphatic carbocycles. The van der Waals surface area contributed by atoms with Crippen molar-refractivity contribution in [2.45, 2.75) is 34.8 Å². The molecule has 116 valence electrons. The van der Waals surface area contributed by atoms with E-state index in [0.29, 0.717) is 5.75 Å². The molecule has 4 nitrogen and oxygen atoms in total. The minimum atomic E-state index is -4.65. The molecule has 1 aromatic rings. The van der Waals surface area contributed by atoms with Gasteiger partial charge in [0.05, 0.1) is 11.3 Å². The second kappa shape index (κ2) is 5.92. The Balaban J connectivity index is 2.17. The van der Waals surface area contributed by atoms with Crippen molar-refractivity contribution in [1.82, 2.24) is 0 Å².